The third-order valence-corrected chi connectivity index (χ3v) is 5.38. The van der Waals surface area contributed by atoms with E-state index in [4.69, 9.17) is 11.6 Å². The number of rotatable bonds is 5. The van der Waals surface area contributed by atoms with Gasteiger partial charge in [-0.05, 0) is 59.5 Å². The molecule has 4 aromatic rings. The normalized spacial score (nSPS) is 11.2. The van der Waals surface area contributed by atoms with Crippen LogP contribution in [0, 0.1) is 11.6 Å². The fraction of sp³-hybridized carbons (Fsp3) is 0.167. The number of hydrogen-bond acceptors (Lipinski definition) is 2. The summed E-state index contributed by atoms with van der Waals surface area (Å²) in [7, 11) is 0. The van der Waals surface area contributed by atoms with Gasteiger partial charge in [-0.25, -0.2) is 18.7 Å². The number of nitrogens with zero attached hydrogens (tertiary/aromatic N) is 2. The summed E-state index contributed by atoms with van der Waals surface area (Å²) in [6, 6.07) is 13.9. The maximum absolute atomic E-state index is 15.0. The molecule has 0 amide bonds. The van der Waals surface area contributed by atoms with Gasteiger partial charge in [0.15, 0.2) is 5.82 Å². The predicted molar refractivity (Wildman–Crippen MR) is 113 cm³/mol. The van der Waals surface area contributed by atoms with Gasteiger partial charge in [-0.15, -0.1) is 0 Å². The van der Waals surface area contributed by atoms with Crippen LogP contribution in [0.1, 0.15) is 23.6 Å². The Balaban J connectivity index is 1.59. The molecule has 0 atom stereocenters. The number of aryl methyl sites for hydroxylation is 3. The molecule has 2 nitrogen and oxygen atoms in total. The van der Waals surface area contributed by atoms with Crippen LogP contribution in [0.3, 0.4) is 0 Å². The molecule has 0 spiro atoms. The van der Waals surface area contributed by atoms with Gasteiger partial charge in [-0.2, -0.15) is 0 Å². The summed E-state index contributed by atoms with van der Waals surface area (Å²) in [4.78, 5) is 8.80. The second-order valence-electron chi connectivity index (χ2n) is 6.99. The smallest absolute Gasteiger partial charge is 0.159 e. The van der Waals surface area contributed by atoms with Crippen molar-refractivity contribution in [3.63, 3.8) is 0 Å². The Kier molecular flexibility index (Phi) is 5.54. The topological polar surface area (TPSA) is 25.8 Å². The van der Waals surface area contributed by atoms with Crippen LogP contribution in [0.2, 0.25) is 5.02 Å². The van der Waals surface area contributed by atoms with Crippen LogP contribution in [0.15, 0.2) is 60.9 Å². The summed E-state index contributed by atoms with van der Waals surface area (Å²) in [5.74, 6) is -0.0750. The maximum Gasteiger partial charge on any atom is 0.159 e. The third-order valence-electron chi connectivity index (χ3n) is 5.07. The first kappa shape index (κ1) is 19.5. The zero-order valence-corrected chi connectivity index (χ0v) is 16.7. The van der Waals surface area contributed by atoms with Gasteiger partial charge < -0.3 is 0 Å². The Morgan fingerprint density at radius 2 is 1.66 bits per heavy atom. The summed E-state index contributed by atoms with van der Waals surface area (Å²) in [5, 5.41) is 1.44. The Hall–Kier alpha value is -2.85. The van der Waals surface area contributed by atoms with E-state index in [1.54, 1.807) is 18.2 Å². The molecule has 0 aliphatic carbocycles. The van der Waals surface area contributed by atoms with Gasteiger partial charge in [-0.3, -0.25) is 0 Å². The average Bonchev–Trinajstić information content (AvgIpc) is 2.75. The minimum Gasteiger partial charge on any atom is -0.236 e. The van der Waals surface area contributed by atoms with Gasteiger partial charge in [-0.1, -0.05) is 48.9 Å². The molecule has 0 N–H and O–H groups in total. The lowest BCUT2D eigenvalue weighted by molar-refractivity contribution is 0.617. The van der Waals surface area contributed by atoms with Gasteiger partial charge in [0.2, 0.25) is 0 Å². The zero-order valence-electron chi connectivity index (χ0n) is 15.9. The van der Waals surface area contributed by atoms with Gasteiger partial charge in [0, 0.05) is 23.3 Å². The molecule has 5 heteroatoms. The molecule has 29 heavy (non-hydrogen) atoms. The van der Waals surface area contributed by atoms with E-state index in [-0.39, 0.29) is 10.8 Å². The number of benzene rings is 3. The molecule has 3 aromatic carbocycles. The van der Waals surface area contributed by atoms with Crippen molar-refractivity contribution >= 4 is 22.4 Å². The second kappa shape index (κ2) is 8.26. The van der Waals surface area contributed by atoms with E-state index < -0.39 is 5.82 Å². The lowest BCUT2D eigenvalue weighted by Crippen LogP contribution is -1.97. The van der Waals surface area contributed by atoms with Crippen LogP contribution in [-0.4, -0.2) is 9.97 Å². The number of hydrogen-bond donors (Lipinski definition) is 0. The standard InChI is InChI=1S/C24H19ClF2N2/c1-2-15-13-28-24(29-14-15)19-8-9-20-18(12-19)7-6-17(23(20)27)5-3-16-4-10-21(25)22(26)11-16/h4,6-14H,2-3,5H2,1H3. The van der Waals surface area contributed by atoms with Crippen molar-refractivity contribution in [3.8, 4) is 11.4 Å². The first-order chi connectivity index (χ1) is 14.0. The summed E-state index contributed by atoms with van der Waals surface area (Å²) in [6.45, 7) is 2.05. The Labute approximate surface area is 173 Å². The van der Waals surface area contributed by atoms with Crippen molar-refractivity contribution in [2.45, 2.75) is 26.2 Å². The van der Waals surface area contributed by atoms with E-state index in [1.807, 2.05) is 30.6 Å². The van der Waals surface area contributed by atoms with Gasteiger partial charge in [0.1, 0.15) is 11.6 Å². The third kappa shape index (κ3) is 4.13. The van der Waals surface area contributed by atoms with Crippen LogP contribution < -0.4 is 0 Å². The molecule has 0 saturated heterocycles. The molecule has 0 aliphatic heterocycles. The number of halogens is 3. The summed E-state index contributed by atoms with van der Waals surface area (Å²) in [5.41, 5.74) is 3.31. The van der Waals surface area contributed by atoms with Crippen LogP contribution in [0.25, 0.3) is 22.2 Å². The van der Waals surface area contributed by atoms with Crippen molar-refractivity contribution < 1.29 is 8.78 Å². The summed E-state index contributed by atoms with van der Waals surface area (Å²) in [6.07, 6.45) is 5.53. The quantitative estimate of drug-likeness (QED) is 0.373. The number of aromatic nitrogens is 2. The first-order valence-corrected chi connectivity index (χ1v) is 9.89. The van der Waals surface area contributed by atoms with Gasteiger partial charge >= 0.3 is 0 Å². The molecular formula is C24H19ClF2N2. The monoisotopic (exact) mass is 408 g/mol. The lowest BCUT2D eigenvalue weighted by atomic mass is 9.99. The van der Waals surface area contributed by atoms with Gasteiger partial charge in [0.25, 0.3) is 0 Å². The molecule has 0 fully saturated rings. The first-order valence-electron chi connectivity index (χ1n) is 9.51. The highest BCUT2D eigenvalue weighted by molar-refractivity contribution is 6.30. The van der Waals surface area contributed by atoms with Crippen molar-refractivity contribution in [3.05, 3.63) is 94.3 Å². The molecule has 4 rings (SSSR count). The van der Waals surface area contributed by atoms with Crippen LogP contribution in [0.4, 0.5) is 8.78 Å². The molecule has 0 radical (unpaired) electrons. The van der Waals surface area contributed by atoms with E-state index in [2.05, 4.69) is 16.9 Å². The van der Waals surface area contributed by atoms with Crippen molar-refractivity contribution in [1.82, 2.24) is 9.97 Å². The Bertz CT molecular complexity index is 1170. The Morgan fingerprint density at radius 3 is 2.38 bits per heavy atom. The van der Waals surface area contributed by atoms with Crippen molar-refractivity contribution in [2.24, 2.45) is 0 Å². The molecule has 146 valence electrons. The molecule has 1 heterocycles. The molecule has 0 aliphatic rings. The molecule has 0 saturated carbocycles. The highest BCUT2D eigenvalue weighted by Gasteiger charge is 2.10. The van der Waals surface area contributed by atoms with E-state index in [0.717, 1.165) is 28.5 Å². The molecule has 0 unspecified atom stereocenters. The van der Waals surface area contributed by atoms with Crippen molar-refractivity contribution in [2.75, 3.05) is 0 Å². The fourth-order valence-electron chi connectivity index (χ4n) is 3.33. The predicted octanol–water partition coefficient (Wildman–Crippen LogP) is 6.58. The average molecular weight is 409 g/mol. The second-order valence-corrected chi connectivity index (χ2v) is 7.40. The molecular weight excluding hydrogens is 390 g/mol. The van der Waals surface area contributed by atoms with Crippen molar-refractivity contribution in [1.29, 1.82) is 0 Å². The maximum atomic E-state index is 15.0. The van der Waals surface area contributed by atoms with E-state index >= 15 is 4.39 Å². The van der Waals surface area contributed by atoms with E-state index in [0.29, 0.717) is 29.6 Å². The zero-order chi connectivity index (χ0) is 20.4. The van der Waals surface area contributed by atoms with E-state index in [9.17, 15) is 4.39 Å². The Morgan fingerprint density at radius 1 is 0.862 bits per heavy atom. The molecule has 1 aromatic heterocycles. The minimum absolute atomic E-state index is 0.0924. The molecule has 0 bridgehead atoms. The van der Waals surface area contributed by atoms with Crippen LogP contribution in [0.5, 0.6) is 0 Å². The highest BCUT2D eigenvalue weighted by atomic mass is 35.5. The number of fused-ring (bicyclic) bond motifs is 1. The van der Waals surface area contributed by atoms with Gasteiger partial charge in [0.05, 0.1) is 5.02 Å². The lowest BCUT2D eigenvalue weighted by Gasteiger charge is -2.09. The highest BCUT2D eigenvalue weighted by Crippen LogP contribution is 2.27. The fourth-order valence-corrected chi connectivity index (χ4v) is 3.45. The van der Waals surface area contributed by atoms with E-state index in [1.165, 1.54) is 12.1 Å². The SMILES string of the molecule is CCc1cnc(-c2ccc3c(F)c(CCc4ccc(Cl)c(F)c4)ccc3c2)nc1. The minimum atomic E-state index is -0.454. The summed E-state index contributed by atoms with van der Waals surface area (Å²) < 4.78 is 28.6. The largest absolute Gasteiger partial charge is 0.236 e. The summed E-state index contributed by atoms with van der Waals surface area (Å²) >= 11 is 5.72. The van der Waals surface area contributed by atoms with Crippen LogP contribution >= 0.6 is 11.6 Å². The van der Waals surface area contributed by atoms with Crippen LogP contribution in [-0.2, 0) is 19.3 Å².